The average molecular weight is 503 g/mol. The number of rotatable bonds is 10. The number of hydrogen-bond donors (Lipinski definition) is 1. The summed E-state index contributed by atoms with van der Waals surface area (Å²) >= 11 is 0. The maximum absolute atomic E-state index is 13.2. The molecule has 9 nitrogen and oxygen atoms in total. The smallest absolute Gasteiger partial charge is 0.252 e. The standard InChI is InChI=1S/C28H34N6O3/c1-4-26(27-30-31-32-34(27)18-24-6-5-13-37-24)33(16-20-9-7-19(2)8-10-20)17-22-14-21-11-12-23(36-3)15-25(21)29-28(22)35/h7-12,14-15,24,26H,4-6,13,16-18H2,1-3H3,(H,29,35)/t24-,26-/m1/s1. The van der Waals surface area contributed by atoms with Gasteiger partial charge < -0.3 is 14.5 Å². The highest BCUT2D eigenvalue weighted by molar-refractivity contribution is 5.80. The first-order valence-electron chi connectivity index (χ1n) is 12.9. The van der Waals surface area contributed by atoms with Crippen molar-refractivity contribution in [3.8, 4) is 5.75 Å². The van der Waals surface area contributed by atoms with E-state index in [1.165, 1.54) is 11.1 Å². The SMILES string of the molecule is CC[C@H](c1nnnn1C[C@H]1CCCO1)N(Cc1ccc(C)cc1)Cc1cc2ccc(OC)cc2[nH]c1=O. The normalized spacial score (nSPS) is 16.5. The molecule has 0 radical (unpaired) electrons. The van der Waals surface area contributed by atoms with Gasteiger partial charge in [0.25, 0.3) is 5.56 Å². The lowest BCUT2D eigenvalue weighted by Crippen LogP contribution is -2.33. The van der Waals surface area contributed by atoms with Crippen LogP contribution in [0.25, 0.3) is 10.9 Å². The second-order valence-electron chi connectivity index (χ2n) is 9.75. The molecule has 194 valence electrons. The molecule has 0 saturated carbocycles. The van der Waals surface area contributed by atoms with Crippen molar-refractivity contribution in [2.75, 3.05) is 13.7 Å². The van der Waals surface area contributed by atoms with Crippen LogP contribution >= 0.6 is 0 Å². The van der Waals surface area contributed by atoms with E-state index in [1.807, 2.05) is 28.9 Å². The van der Waals surface area contributed by atoms with Gasteiger partial charge in [0, 0.05) is 31.3 Å². The zero-order chi connectivity index (χ0) is 25.8. The van der Waals surface area contributed by atoms with Crippen LogP contribution in [-0.4, -0.2) is 49.9 Å². The van der Waals surface area contributed by atoms with E-state index in [4.69, 9.17) is 9.47 Å². The lowest BCUT2D eigenvalue weighted by Gasteiger charge is -2.30. The highest BCUT2D eigenvalue weighted by Gasteiger charge is 2.28. The van der Waals surface area contributed by atoms with E-state index >= 15 is 0 Å². The molecule has 4 aromatic rings. The summed E-state index contributed by atoms with van der Waals surface area (Å²) in [5.74, 6) is 1.51. The molecule has 3 heterocycles. The molecule has 1 aliphatic rings. The van der Waals surface area contributed by atoms with Gasteiger partial charge in [-0.3, -0.25) is 9.69 Å². The Kier molecular flexibility index (Phi) is 7.62. The molecule has 37 heavy (non-hydrogen) atoms. The van der Waals surface area contributed by atoms with Gasteiger partial charge >= 0.3 is 0 Å². The van der Waals surface area contributed by atoms with Crippen molar-refractivity contribution in [2.45, 2.75) is 64.9 Å². The molecule has 1 aliphatic heterocycles. The molecular formula is C28H34N6O3. The summed E-state index contributed by atoms with van der Waals surface area (Å²) in [6.07, 6.45) is 3.00. The molecule has 0 bridgehead atoms. The quantitative estimate of drug-likeness (QED) is 0.348. The van der Waals surface area contributed by atoms with Crippen molar-refractivity contribution >= 4 is 10.9 Å². The summed E-state index contributed by atoms with van der Waals surface area (Å²) in [5, 5.41) is 13.7. The monoisotopic (exact) mass is 502 g/mol. The van der Waals surface area contributed by atoms with Crippen LogP contribution in [0.1, 0.15) is 54.7 Å². The van der Waals surface area contributed by atoms with Crippen molar-refractivity contribution < 1.29 is 9.47 Å². The summed E-state index contributed by atoms with van der Waals surface area (Å²) in [4.78, 5) is 18.5. The van der Waals surface area contributed by atoms with Crippen LogP contribution in [-0.2, 0) is 24.4 Å². The molecular weight excluding hydrogens is 468 g/mol. The molecule has 1 fully saturated rings. The predicted molar refractivity (Wildman–Crippen MR) is 141 cm³/mol. The lowest BCUT2D eigenvalue weighted by atomic mass is 10.1. The van der Waals surface area contributed by atoms with E-state index in [0.717, 1.165) is 42.6 Å². The first-order chi connectivity index (χ1) is 18.0. The number of nitrogens with zero attached hydrogens (tertiary/aromatic N) is 5. The molecule has 0 unspecified atom stereocenters. The van der Waals surface area contributed by atoms with E-state index < -0.39 is 0 Å². The molecule has 0 aliphatic carbocycles. The summed E-state index contributed by atoms with van der Waals surface area (Å²) in [6, 6.07) is 16.1. The van der Waals surface area contributed by atoms with Crippen molar-refractivity contribution in [1.29, 1.82) is 0 Å². The van der Waals surface area contributed by atoms with E-state index in [1.54, 1.807) is 7.11 Å². The van der Waals surface area contributed by atoms with Gasteiger partial charge in [0.05, 0.1) is 31.3 Å². The van der Waals surface area contributed by atoms with Crippen LogP contribution in [0.4, 0.5) is 0 Å². The van der Waals surface area contributed by atoms with Crippen molar-refractivity contribution in [3.05, 3.63) is 81.4 Å². The Labute approximate surface area is 216 Å². The third kappa shape index (κ3) is 5.73. The summed E-state index contributed by atoms with van der Waals surface area (Å²) in [7, 11) is 1.62. The van der Waals surface area contributed by atoms with Gasteiger partial charge in [0.2, 0.25) is 0 Å². The van der Waals surface area contributed by atoms with Gasteiger partial charge in [0.15, 0.2) is 5.82 Å². The Morgan fingerprint density at radius 1 is 1.19 bits per heavy atom. The van der Waals surface area contributed by atoms with Gasteiger partial charge in [0.1, 0.15) is 5.75 Å². The lowest BCUT2D eigenvalue weighted by molar-refractivity contribution is 0.0888. The van der Waals surface area contributed by atoms with E-state index in [-0.39, 0.29) is 17.7 Å². The third-order valence-electron chi connectivity index (χ3n) is 7.10. The number of benzene rings is 2. The minimum absolute atomic E-state index is 0.0799. The summed E-state index contributed by atoms with van der Waals surface area (Å²) in [5.41, 5.74) is 3.73. The Morgan fingerprint density at radius 2 is 2.03 bits per heavy atom. The maximum atomic E-state index is 13.2. The van der Waals surface area contributed by atoms with Gasteiger partial charge in [-0.15, -0.1) is 5.10 Å². The zero-order valence-electron chi connectivity index (χ0n) is 21.7. The van der Waals surface area contributed by atoms with Gasteiger partial charge in [-0.2, -0.15) is 0 Å². The Bertz CT molecular complexity index is 1390. The van der Waals surface area contributed by atoms with E-state index in [0.29, 0.717) is 30.9 Å². The fourth-order valence-corrected chi connectivity index (χ4v) is 5.06. The third-order valence-corrected chi connectivity index (χ3v) is 7.10. The van der Waals surface area contributed by atoms with Crippen molar-refractivity contribution in [3.63, 3.8) is 0 Å². The number of pyridine rings is 1. The number of fused-ring (bicyclic) bond motifs is 1. The predicted octanol–water partition coefficient (Wildman–Crippen LogP) is 4.16. The van der Waals surface area contributed by atoms with Crippen LogP contribution in [0.5, 0.6) is 5.75 Å². The minimum Gasteiger partial charge on any atom is -0.497 e. The highest BCUT2D eigenvalue weighted by Crippen LogP contribution is 2.28. The Balaban J connectivity index is 1.49. The number of nitrogens with one attached hydrogen (secondary N) is 1. The van der Waals surface area contributed by atoms with Gasteiger partial charge in [-0.1, -0.05) is 36.8 Å². The first-order valence-corrected chi connectivity index (χ1v) is 12.9. The molecule has 1 N–H and O–H groups in total. The number of ether oxygens (including phenoxy) is 2. The van der Waals surface area contributed by atoms with E-state index in [9.17, 15) is 4.79 Å². The molecule has 0 spiro atoms. The van der Waals surface area contributed by atoms with Gasteiger partial charge in [-0.05, 0) is 65.8 Å². The molecule has 9 heteroatoms. The van der Waals surface area contributed by atoms with Crippen LogP contribution < -0.4 is 10.3 Å². The fraction of sp³-hybridized carbons (Fsp3) is 0.429. The molecule has 1 saturated heterocycles. The second-order valence-corrected chi connectivity index (χ2v) is 9.75. The van der Waals surface area contributed by atoms with Crippen LogP contribution in [0, 0.1) is 6.92 Å². The number of hydrogen-bond acceptors (Lipinski definition) is 7. The van der Waals surface area contributed by atoms with Crippen molar-refractivity contribution in [1.82, 2.24) is 30.1 Å². The number of tetrazole rings is 1. The van der Waals surface area contributed by atoms with Gasteiger partial charge in [-0.25, -0.2) is 4.68 Å². The maximum Gasteiger partial charge on any atom is 0.252 e. The average Bonchev–Trinajstić information content (AvgIpc) is 3.59. The number of aromatic amines is 1. The molecule has 2 atom stereocenters. The molecule has 2 aromatic carbocycles. The van der Waals surface area contributed by atoms with Crippen LogP contribution in [0.2, 0.25) is 0 Å². The number of methoxy groups -OCH3 is 1. The number of H-pyrrole nitrogens is 1. The second kappa shape index (κ2) is 11.2. The van der Waals surface area contributed by atoms with E-state index in [2.05, 4.69) is 63.5 Å². The number of aromatic nitrogens is 5. The molecule has 2 aromatic heterocycles. The van der Waals surface area contributed by atoms with Crippen LogP contribution in [0.15, 0.2) is 53.3 Å². The Hall–Kier alpha value is -3.56. The zero-order valence-corrected chi connectivity index (χ0v) is 21.7. The molecule has 0 amide bonds. The highest BCUT2D eigenvalue weighted by atomic mass is 16.5. The first kappa shape index (κ1) is 25.1. The minimum atomic E-state index is -0.108. The Morgan fingerprint density at radius 3 is 2.76 bits per heavy atom. The van der Waals surface area contributed by atoms with Crippen LogP contribution in [0.3, 0.4) is 0 Å². The summed E-state index contributed by atoms with van der Waals surface area (Å²) < 4.78 is 13.0. The number of aryl methyl sites for hydroxylation is 1. The fourth-order valence-electron chi connectivity index (χ4n) is 5.06. The molecule has 5 rings (SSSR count). The topological polar surface area (TPSA) is 98.2 Å². The van der Waals surface area contributed by atoms with Crippen molar-refractivity contribution in [2.24, 2.45) is 0 Å². The summed E-state index contributed by atoms with van der Waals surface area (Å²) in [6.45, 7) is 6.75. The largest absolute Gasteiger partial charge is 0.497 e.